The van der Waals surface area contributed by atoms with Gasteiger partial charge in [-0.1, -0.05) is 48.5 Å². The second-order valence-corrected chi connectivity index (χ2v) is 7.21. The molecule has 1 heterocycles. The number of hydrogen-bond donors (Lipinski definition) is 0. The maximum Gasteiger partial charge on any atom is 0.338 e. The molecule has 5 nitrogen and oxygen atoms in total. The lowest BCUT2D eigenvalue weighted by molar-refractivity contribution is 0.0474. The van der Waals surface area contributed by atoms with Crippen LogP contribution in [0.3, 0.4) is 0 Å². The average molecular weight is 413 g/mol. The summed E-state index contributed by atoms with van der Waals surface area (Å²) >= 11 is 0. The molecule has 0 unspecified atom stereocenters. The summed E-state index contributed by atoms with van der Waals surface area (Å²) in [6.07, 6.45) is 0. The van der Waals surface area contributed by atoms with Crippen molar-refractivity contribution >= 4 is 22.6 Å². The number of ether oxygens (including phenoxy) is 1. The van der Waals surface area contributed by atoms with Crippen LogP contribution in [-0.4, -0.2) is 12.5 Å². The van der Waals surface area contributed by atoms with Gasteiger partial charge in [0.05, 0.1) is 5.56 Å². The summed E-state index contributed by atoms with van der Waals surface area (Å²) < 4.78 is 10.9. The molecule has 0 atom stereocenters. The fourth-order valence-corrected chi connectivity index (χ4v) is 3.53. The molecule has 0 fully saturated rings. The summed E-state index contributed by atoms with van der Waals surface area (Å²) in [6.45, 7) is 3.64. The smallest absolute Gasteiger partial charge is 0.338 e. The highest BCUT2D eigenvalue weighted by atomic mass is 16.5. The van der Waals surface area contributed by atoms with Crippen molar-refractivity contribution in [2.24, 2.45) is 0 Å². The largest absolute Gasteiger partial charge is 0.457 e. The number of esters is 1. The van der Waals surface area contributed by atoms with Crippen LogP contribution in [0.25, 0.3) is 11.0 Å². The van der Waals surface area contributed by atoms with Crippen LogP contribution in [0, 0.1) is 0 Å². The summed E-state index contributed by atoms with van der Waals surface area (Å²) in [5.41, 5.74) is 3.25. The van der Waals surface area contributed by atoms with Gasteiger partial charge in [-0.25, -0.2) is 9.59 Å². The highest BCUT2D eigenvalue weighted by Gasteiger charge is 2.13. The highest BCUT2D eigenvalue weighted by Crippen LogP contribution is 2.25. The highest BCUT2D eigenvalue weighted by molar-refractivity contribution is 5.89. The predicted molar refractivity (Wildman–Crippen MR) is 121 cm³/mol. The first kappa shape index (κ1) is 20.4. The minimum atomic E-state index is -0.471. The fraction of sp³-hybridized carbons (Fsp3) is 0.154. The molecule has 0 amide bonds. The van der Waals surface area contributed by atoms with Crippen molar-refractivity contribution in [2.45, 2.75) is 20.1 Å². The van der Waals surface area contributed by atoms with Gasteiger partial charge in [-0.15, -0.1) is 0 Å². The first-order valence-corrected chi connectivity index (χ1v) is 10.2. The van der Waals surface area contributed by atoms with Crippen LogP contribution in [-0.2, 0) is 17.9 Å². The molecule has 0 saturated carbocycles. The molecule has 0 saturated heterocycles. The standard InChI is InChI=1S/C26H23NO4/c1-2-27(17-19-9-5-3-6-10-19)22-13-14-23-21(15-25(28)31-24(23)16-22)18-30-26(29)20-11-7-4-8-12-20/h3-16H,2,17-18H2,1H3. The van der Waals surface area contributed by atoms with Gasteiger partial charge in [0.2, 0.25) is 0 Å². The monoisotopic (exact) mass is 413 g/mol. The van der Waals surface area contributed by atoms with E-state index in [0.717, 1.165) is 24.2 Å². The van der Waals surface area contributed by atoms with E-state index in [4.69, 9.17) is 9.15 Å². The molecule has 156 valence electrons. The van der Waals surface area contributed by atoms with E-state index in [0.29, 0.717) is 16.7 Å². The van der Waals surface area contributed by atoms with E-state index >= 15 is 0 Å². The average Bonchev–Trinajstić information content (AvgIpc) is 2.81. The number of carbonyl (C=O) groups is 1. The van der Waals surface area contributed by atoms with Crippen LogP contribution < -0.4 is 10.5 Å². The number of anilines is 1. The van der Waals surface area contributed by atoms with E-state index in [1.807, 2.05) is 42.5 Å². The van der Waals surface area contributed by atoms with E-state index in [1.54, 1.807) is 24.3 Å². The number of hydrogen-bond acceptors (Lipinski definition) is 5. The lowest BCUT2D eigenvalue weighted by Crippen LogP contribution is -2.21. The molecule has 0 bridgehead atoms. The zero-order valence-electron chi connectivity index (χ0n) is 17.3. The summed E-state index contributed by atoms with van der Waals surface area (Å²) in [5.74, 6) is -0.432. The molecular formula is C26H23NO4. The van der Waals surface area contributed by atoms with E-state index in [1.165, 1.54) is 11.6 Å². The third-order valence-corrected chi connectivity index (χ3v) is 5.15. The number of carbonyl (C=O) groups excluding carboxylic acids is 1. The van der Waals surface area contributed by atoms with E-state index < -0.39 is 11.6 Å². The van der Waals surface area contributed by atoms with Crippen LogP contribution >= 0.6 is 0 Å². The Morgan fingerprint density at radius 1 is 0.935 bits per heavy atom. The molecule has 4 rings (SSSR count). The lowest BCUT2D eigenvalue weighted by Gasteiger charge is -2.23. The quantitative estimate of drug-likeness (QED) is 0.309. The number of benzene rings is 3. The van der Waals surface area contributed by atoms with Crippen molar-refractivity contribution < 1.29 is 13.9 Å². The minimum absolute atomic E-state index is 0.00329. The van der Waals surface area contributed by atoms with Gasteiger partial charge in [-0.05, 0) is 36.8 Å². The van der Waals surface area contributed by atoms with Crippen molar-refractivity contribution in [1.82, 2.24) is 0 Å². The maximum atomic E-state index is 12.3. The summed E-state index contributed by atoms with van der Waals surface area (Å²) in [4.78, 5) is 26.6. The van der Waals surface area contributed by atoms with Crippen molar-refractivity contribution in [3.63, 3.8) is 0 Å². The molecule has 5 heteroatoms. The van der Waals surface area contributed by atoms with Crippen LogP contribution in [0.5, 0.6) is 0 Å². The third kappa shape index (κ3) is 4.83. The van der Waals surface area contributed by atoms with Crippen LogP contribution in [0.2, 0.25) is 0 Å². The molecule has 31 heavy (non-hydrogen) atoms. The SMILES string of the molecule is CCN(Cc1ccccc1)c1ccc2c(COC(=O)c3ccccc3)cc(=O)oc2c1. The Morgan fingerprint density at radius 3 is 2.35 bits per heavy atom. The fourth-order valence-electron chi connectivity index (χ4n) is 3.53. The summed E-state index contributed by atoms with van der Waals surface area (Å²) in [6, 6.07) is 26.1. The Morgan fingerprint density at radius 2 is 1.65 bits per heavy atom. The zero-order chi connectivity index (χ0) is 21.6. The second-order valence-electron chi connectivity index (χ2n) is 7.21. The van der Waals surface area contributed by atoms with Gasteiger partial charge in [0.25, 0.3) is 0 Å². The van der Waals surface area contributed by atoms with Crippen molar-refractivity contribution in [2.75, 3.05) is 11.4 Å². The summed E-state index contributed by atoms with van der Waals surface area (Å²) in [5, 5.41) is 0.750. The zero-order valence-corrected chi connectivity index (χ0v) is 17.3. The van der Waals surface area contributed by atoms with Crippen LogP contribution in [0.1, 0.15) is 28.4 Å². The topological polar surface area (TPSA) is 59.8 Å². The second kappa shape index (κ2) is 9.30. The summed E-state index contributed by atoms with van der Waals surface area (Å²) in [7, 11) is 0. The molecule has 0 radical (unpaired) electrons. The van der Waals surface area contributed by atoms with Crippen molar-refractivity contribution in [3.8, 4) is 0 Å². The van der Waals surface area contributed by atoms with E-state index in [-0.39, 0.29) is 6.61 Å². The number of fused-ring (bicyclic) bond motifs is 1. The Hall–Kier alpha value is -3.86. The van der Waals surface area contributed by atoms with Gasteiger partial charge >= 0.3 is 11.6 Å². The van der Waals surface area contributed by atoms with Gasteiger partial charge in [-0.3, -0.25) is 0 Å². The van der Waals surface area contributed by atoms with Crippen molar-refractivity contribution in [1.29, 1.82) is 0 Å². The molecule has 0 aliphatic rings. The predicted octanol–water partition coefficient (Wildman–Crippen LogP) is 5.18. The number of nitrogens with zero attached hydrogens (tertiary/aromatic N) is 1. The van der Waals surface area contributed by atoms with E-state index in [9.17, 15) is 9.59 Å². The molecule has 0 spiro atoms. The van der Waals surface area contributed by atoms with E-state index in [2.05, 4.69) is 24.0 Å². The van der Waals surface area contributed by atoms with Gasteiger partial charge in [-0.2, -0.15) is 0 Å². The molecule has 0 N–H and O–H groups in total. The minimum Gasteiger partial charge on any atom is -0.457 e. The van der Waals surface area contributed by atoms with Crippen LogP contribution in [0.4, 0.5) is 5.69 Å². The van der Waals surface area contributed by atoms with Gasteiger partial charge < -0.3 is 14.1 Å². The lowest BCUT2D eigenvalue weighted by atomic mass is 10.1. The van der Waals surface area contributed by atoms with Gasteiger partial charge in [0.1, 0.15) is 12.2 Å². The van der Waals surface area contributed by atoms with Crippen LogP contribution in [0.15, 0.2) is 94.1 Å². The molecule has 1 aromatic heterocycles. The van der Waals surface area contributed by atoms with Crippen molar-refractivity contribution in [3.05, 3.63) is 112 Å². The first-order valence-electron chi connectivity index (χ1n) is 10.2. The normalized spacial score (nSPS) is 10.7. The van der Waals surface area contributed by atoms with Gasteiger partial charge in [0.15, 0.2) is 0 Å². The number of rotatable bonds is 7. The molecule has 0 aliphatic carbocycles. The Balaban J connectivity index is 1.59. The Bertz CT molecular complexity index is 1230. The third-order valence-electron chi connectivity index (χ3n) is 5.15. The molecule has 3 aromatic carbocycles. The molecular weight excluding hydrogens is 390 g/mol. The Labute approximate surface area is 180 Å². The van der Waals surface area contributed by atoms with Gasteiger partial charge in [0, 0.05) is 41.9 Å². The Kier molecular flexibility index (Phi) is 6.13. The maximum absolute atomic E-state index is 12.3. The first-order chi connectivity index (χ1) is 15.1. The molecule has 4 aromatic rings. The molecule has 0 aliphatic heterocycles.